The topological polar surface area (TPSA) is 76.7 Å². The van der Waals surface area contributed by atoms with Gasteiger partial charge in [-0.2, -0.15) is 0 Å². The number of ether oxygens (including phenoxy) is 2. The maximum atomic E-state index is 12.6. The molecule has 1 atom stereocenters. The van der Waals surface area contributed by atoms with Crippen LogP contribution in [0.15, 0.2) is 24.3 Å². The second-order valence-corrected chi connectivity index (χ2v) is 8.43. The van der Waals surface area contributed by atoms with E-state index in [1.165, 1.54) is 16.2 Å². The highest BCUT2D eigenvalue weighted by Crippen LogP contribution is 2.40. The van der Waals surface area contributed by atoms with Crippen molar-refractivity contribution in [1.29, 1.82) is 0 Å². The van der Waals surface area contributed by atoms with Gasteiger partial charge in [-0.05, 0) is 74.2 Å². The minimum atomic E-state index is -0.355. The van der Waals surface area contributed by atoms with E-state index in [1.807, 2.05) is 0 Å². The van der Waals surface area contributed by atoms with Crippen LogP contribution in [0.1, 0.15) is 51.4 Å². The van der Waals surface area contributed by atoms with Crippen molar-refractivity contribution < 1.29 is 19.1 Å². The van der Waals surface area contributed by atoms with Crippen molar-refractivity contribution in [2.45, 2.75) is 33.1 Å². The van der Waals surface area contributed by atoms with E-state index < -0.39 is 0 Å². The van der Waals surface area contributed by atoms with E-state index in [0.717, 1.165) is 24.8 Å². The molecule has 6 nitrogen and oxygen atoms in total. The van der Waals surface area contributed by atoms with Gasteiger partial charge in [0, 0.05) is 10.4 Å². The van der Waals surface area contributed by atoms with Gasteiger partial charge in [-0.3, -0.25) is 10.1 Å². The number of thiocarbonyl (C=S) groups is 1. The van der Waals surface area contributed by atoms with Crippen LogP contribution in [0.4, 0.5) is 5.00 Å². The highest BCUT2D eigenvalue weighted by molar-refractivity contribution is 7.80. The number of fused-ring (bicyclic) bond motifs is 1. The first-order valence-corrected chi connectivity index (χ1v) is 10.7. The predicted molar refractivity (Wildman–Crippen MR) is 118 cm³/mol. The van der Waals surface area contributed by atoms with Crippen molar-refractivity contribution >= 4 is 45.5 Å². The van der Waals surface area contributed by atoms with Crippen molar-refractivity contribution in [2.75, 3.05) is 19.0 Å². The molecule has 8 heteroatoms. The number of benzene rings is 1. The van der Waals surface area contributed by atoms with Crippen LogP contribution in [0.25, 0.3) is 0 Å². The molecule has 0 spiro atoms. The number of hydrogen-bond donors (Lipinski definition) is 2. The zero-order valence-corrected chi connectivity index (χ0v) is 18.3. The maximum absolute atomic E-state index is 12.6. The summed E-state index contributed by atoms with van der Waals surface area (Å²) in [5, 5.41) is 6.47. The highest BCUT2D eigenvalue weighted by Gasteiger charge is 2.29. The molecule has 0 aliphatic heterocycles. The summed E-state index contributed by atoms with van der Waals surface area (Å²) in [5.41, 5.74) is 2.04. The summed E-state index contributed by atoms with van der Waals surface area (Å²) in [4.78, 5) is 26.2. The van der Waals surface area contributed by atoms with Crippen LogP contribution in [-0.4, -0.2) is 30.7 Å². The van der Waals surface area contributed by atoms with Gasteiger partial charge in [-0.25, -0.2) is 4.79 Å². The molecule has 1 aromatic carbocycles. The summed E-state index contributed by atoms with van der Waals surface area (Å²) >= 11 is 6.83. The van der Waals surface area contributed by atoms with Gasteiger partial charge in [-0.15, -0.1) is 11.3 Å². The lowest BCUT2D eigenvalue weighted by Crippen LogP contribution is -2.34. The third-order valence-corrected chi connectivity index (χ3v) is 6.17. The van der Waals surface area contributed by atoms with Gasteiger partial charge < -0.3 is 14.8 Å². The third kappa shape index (κ3) is 4.94. The number of esters is 1. The Labute approximate surface area is 179 Å². The molecule has 154 valence electrons. The number of amides is 1. The van der Waals surface area contributed by atoms with Gasteiger partial charge >= 0.3 is 5.97 Å². The maximum Gasteiger partial charge on any atom is 0.341 e. The molecule has 1 heterocycles. The summed E-state index contributed by atoms with van der Waals surface area (Å²) < 4.78 is 10.4. The van der Waals surface area contributed by atoms with E-state index in [0.29, 0.717) is 34.4 Å². The highest BCUT2D eigenvalue weighted by atomic mass is 32.1. The molecule has 0 fully saturated rings. The Morgan fingerprint density at radius 1 is 1.28 bits per heavy atom. The third-order valence-electron chi connectivity index (χ3n) is 4.80. The minimum absolute atomic E-state index is 0.142. The summed E-state index contributed by atoms with van der Waals surface area (Å²) in [6, 6.07) is 6.73. The van der Waals surface area contributed by atoms with Crippen molar-refractivity contribution in [3.8, 4) is 5.75 Å². The summed E-state index contributed by atoms with van der Waals surface area (Å²) in [6.45, 7) is 4.29. The van der Waals surface area contributed by atoms with E-state index in [4.69, 9.17) is 21.7 Å². The molecule has 1 unspecified atom stereocenters. The fourth-order valence-electron chi connectivity index (χ4n) is 3.31. The van der Waals surface area contributed by atoms with Gasteiger partial charge in [0.15, 0.2) is 5.11 Å². The lowest BCUT2D eigenvalue weighted by atomic mass is 9.88. The minimum Gasteiger partial charge on any atom is -0.497 e. The van der Waals surface area contributed by atoms with Crippen LogP contribution in [0.3, 0.4) is 0 Å². The van der Waals surface area contributed by atoms with Crippen molar-refractivity contribution in [3.63, 3.8) is 0 Å². The number of anilines is 1. The van der Waals surface area contributed by atoms with Gasteiger partial charge in [0.2, 0.25) is 0 Å². The number of carbonyl (C=O) groups excluding carboxylic acids is 2. The fourth-order valence-corrected chi connectivity index (χ4v) is 4.97. The average Bonchev–Trinajstić information content (AvgIpc) is 3.04. The summed E-state index contributed by atoms with van der Waals surface area (Å²) in [7, 11) is 1.57. The Balaban J connectivity index is 1.76. The van der Waals surface area contributed by atoms with Crippen LogP contribution in [-0.2, 0) is 17.6 Å². The monoisotopic (exact) mass is 432 g/mol. The number of rotatable bonds is 5. The zero-order chi connectivity index (χ0) is 21.0. The van der Waals surface area contributed by atoms with E-state index in [1.54, 1.807) is 38.3 Å². The van der Waals surface area contributed by atoms with E-state index >= 15 is 0 Å². The first kappa shape index (κ1) is 21.3. The normalized spacial score (nSPS) is 15.2. The van der Waals surface area contributed by atoms with E-state index in [-0.39, 0.29) is 17.0 Å². The molecule has 1 aliphatic rings. The number of nitrogens with one attached hydrogen (secondary N) is 2. The van der Waals surface area contributed by atoms with Gasteiger partial charge in [0.1, 0.15) is 10.8 Å². The fraction of sp³-hybridized carbons (Fsp3) is 0.381. The van der Waals surface area contributed by atoms with Gasteiger partial charge in [0.25, 0.3) is 5.91 Å². The Kier molecular flexibility index (Phi) is 6.87. The summed E-state index contributed by atoms with van der Waals surface area (Å²) in [5.74, 6) is 0.551. The molecule has 2 aromatic rings. The molecule has 0 bridgehead atoms. The second-order valence-electron chi connectivity index (χ2n) is 6.91. The molecular weight excluding hydrogens is 408 g/mol. The van der Waals surface area contributed by atoms with Crippen LogP contribution < -0.4 is 15.4 Å². The molecule has 2 N–H and O–H groups in total. The number of methoxy groups -OCH3 is 1. The van der Waals surface area contributed by atoms with Crippen LogP contribution in [0.2, 0.25) is 0 Å². The molecule has 1 amide bonds. The molecular formula is C21H24N2O4S2. The molecule has 29 heavy (non-hydrogen) atoms. The summed E-state index contributed by atoms with van der Waals surface area (Å²) in [6.07, 6.45) is 2.81. The lowest BCUT2D eigenvalue weighted by molar-refractivity contribution is 0.0526. The average molecular weight is 433 g/mol. The Bertz CT molecular complexity index is 922. The van der Waals surface area contributed by atoms with Gasteiger partial charge in [0.05, 0.1) is 19.3 Å². The van der Waals surface area contributed by atoms with E-state index in [9.17, 15) is 9.59 Å². The number of hydrogen-bond acceptors (Lipinski definition) is 6. The smallest absolute Gasteiger partial charge is 0.341 e. The predicted octanol–water partition coefficient (Wildman–Crippen LogP) is 4.19. The van der Waals surface area contributed by atoms with Crippen LogP contribution >= 0.6 is 23.6 Å². The molecule has 0 radical (unpaired) electrons. The van der Waals surface area contributed by atoms with Crippen LogP contribution in [0, 0.1) is 5.92 Å². The largest absolute Gasteiger partial charge is 0.497 e. The SMILES string of the molecule is CCOC(=O)c1c(NC(=S)NC(=O)c2ccc(OC)cc2)sc2c1CCC(C)C2. The molecule has 1 aliphatic carbocycles. The standard InChI is InChI=1S/C21H24N2O4S2/c1-4-27-20(25)17-15-10-5-12(2)11-16(15)29-19(17)23-21(28)22-18(24)13-6-8-14(26-3)9-7-13/h6-9,12H,4-5,10-11H2,1-3H3,(H2,22,23,24,28). The second kappa shape index (κ2) is 9.37. The number of thiophene rings is 1. The van der Waals surface area contributed by atoms with Crippen LogP contribution in [0.5, 0.6) is 5.75 Å². The quantitative estimate of drug-likeness (QED) is 0.545. The van der Waals surface area contributed by atoms with Crippen molar-refractivity contribution in [2.24, 2.45) is 5.92 Å². The molecule has 0 saturated carbocycles. The first-order chi connectivity index (χ1) is 13.9. The van der Waals surface area contributed by atoms with Gasteiger partial charge in [-0.1, -0.05) is 6.92 Å². The molecule has 0 saturated heterocycles. The Hall–Kier alpha value is -2.45. The van der Waals surface area contributed by atoms with E-state index in [2.05, 4.69) is 17.6 Å². The lowest BCUT2D eigenvalue weighted by Gasteiger charge is -2.18. The molecule has 1 aromatic heterocycles. The number of carbonyl (C=O) groups is 2. The van der Waals surface area contributed by atoms with Crippen molar-refractivity contribution in [3.05, 3.63) is 45.8 Å². The first-order valence-electron chi connectivity index (χ1n) is 9.51. The van der Waals surface area contributed by atoms with Crippen molar-refractivity contribution in [1.82, 2.24) is 5.32 Å². The molecule has 3 rings (SSSR count). The Morgan fingerprint density at radius 2 is 2.00 bits per heavy atom. The zero-order valence-electron chi connectivity index (χ0n) is 16.7. The Morgan fingerprint density at radius 3 is 2.66 bits per heavy atom.